The summed E-state index contributed by atoms with van der Waals surface area (Å²) in [7, 11) is 0. The lowest BCUT2D eigenvalue weighted by molar-refractivity contribution is -0.138. The van der Waals surface area contributed by atoms with E-state index in [-0.39, 0.29) is 12.1 Å². The van der Waals surface area contributed by atoms with Crippen LogP contribution in [0.4, 0.5) is 0 Å². The van der Waals surface area contributed by atoms with Gasteiger partial charge in [0.05, 0.1) is 0 Å². The van der Waals surface area contributed by atoms with E-state index in [1.54, 1.807) is 0 Å². The molecule has 0 spiro atoms. The van der Waals surface area contributed by atoms with Crippen molar-refractivity contribution >= 4 is 5.97 Å². The summed E-state index contributed by atoms with van der Waals surface area (Å²) in [5, 5.41) is 0. The molecule has 1 aliphatic heterocycles. The maximum absolute atomic E-state index is 11.3. The molecule has 0 aromatic carbocycles. The monoisotopic (exact) mass is 196 g/mol. The maximum atomic E-state index is 11.3. The molecule has 1 heterocycles. The van der Waals surface area contributed by atoms with Crippen molar-refractivity contribution in [3.63, 3.8) is 0 Å². The number of rotatable bonds is 5. The minimum Gasteiger partial charge on any atom is -0.459 e. The fourth-order valence-corrected chi connectivity index (χ4v) is 1.66. The number of carbonyl (C=O) groups excluding carboxylic acids is 1. The van der Waals surface area contributed by atoms with E-state index >= 15 is 0 Å². The van der Waals surface area contributed by atoms with Gasteiger partial charge in [-0.05, 0) is 19.3 Å². The largest absolute Gasteiger partial charge is 0.459 e. The van der Waals surface area contributed by atoms with Crippen LogP contribution in [0.25, 0.3) is 0 Å². The van der Waals surface area contributed by atoms with Crippen LogP contribution in [-0.4, -0.2) is 12.1 Å². The van der Waals surface area contributed by atoms with Gasteiger partial charge in [-0.3, -0.25) is 0 Å². The number of allylic oxidation sites excluding steroid dienone is 1. The van der Waals surface area contributed by atoms with Gasteiger partial charge in [-0.15, -0.1) is 0 Å². The third-order valence-corrected chi connectivity index (χ3v) is 2.64. The SMILES string of the molecule is CCCCC/C=C1/CC(CC)OC1=O. The molecule has 14 heavy (non-hydrogen) atoms. The molecular formula is C12H20O2. The van der Waals surface area contributed by atoms with Gasteiger partial charge in [0.2, 0.25) is 0 Å². The fourth-order valence-electron chi connectivity index (χ4n) is 1.66. The van der Waals surface area contributed by atoms with Crippen LogP contribution < -0.4 is 0 Å². The Morgan fingerprint density at radius 3 is 2.79 bits per heavy atom. The highest BCUT2D eigenvalue weighted by atomic mass is 16.5. The topological polar surface area (TPSA) is 26.3 Å². The first-order valence-corrected chi connectivity index (χ1v) is 5.68. The van der Waals surface area contributed by atoms with Crippen LogP contribution >= 0.6 is 0 Å². The van der Waals surface area contributed by atoms with Crippen LogP contribution in [0.2, 0.25) is 0 Å². The second-order valence-corrected chi connectivity index (χ2v) is 3.86. The van der Waals surface area contributed by atoms with Gasteiger partial charge >= 0.3 is 5.97 Å². The van der Waals surface area contributed by atoms with Crippen LogP contribution in [0.15, 0.2) is 11.6 Å². The molecule has 0 aromatic rings. The Labute approximate surface area is 86.3 Å². The van der Waals surface area contributed by atoms with Crippen molar-refractivity contribution in [2.24, 2.45) is 0 Å². The molecule has 1 unspecified atom stereocenters. The normalized spacial score (nSPS) is 24.3. The van der Waals surface area contributed by atoms with E-state index in [9.17, 15) is 4.79 Å². The van der Waals surface area contributed by atoms with E-state index < -0.39 is 0 Å². The molecule has 2 nitrogen and oxygen atoms in total. The lowest BCUT2D eigenvalue weighted by Gasteiger charge is -2.01. The summed E-state index contributed by atoms with van der Waals surface area (Å²) >= 11 is 0. The zero-order valence-electron chi connectivity index (χ0n) is 9.21. The molecule has 80 valence electrons. The highest BCUT2D eigenvalue weighted by Gasteiger charge is 2.26. The molecule has 0 aromatic heterocycles. The molecule has 0 saturated carbocycles. The van der Waals surface area contributed by atoms with Gasteiger partial charge in [0, 0.05) is 12.0 Å². The van der Waals surface area contributed by atoms with E-state index in [4.69, 9.17) is 4.74 Å². The van der Waals surface area contributed by atoms with Crippen LogP contribution in [0.1, 0.15) is 52.4 Å². The van der Waals surface area contributed by atoms with Crippen LogP contribution in [-0.2, 0) is 9.53 Å². The summed E-state index contributed by atoms with van der Waals surface area (Å²) in [6.45, 7) is 4.24. The number of ether oxygens (including phenoxy) is 1. The lowest BCUT2D eigenvalue weighted by atomic mass is 10.1. The van der Waals surface area contributed by atoms with Crippen LogP contribution in [0, 0.1) is 0 Å². The second kappa shape index (κ2) is 5.84. The summed E-state index contributed by atoms with van der Waals surface area (Å²) in [4.78, 5) is 11.3. The van der Waals surface area contributed by atoms with Crippen molar-refractivity contribution in [3.8, 4) is 0 Å². The van der Waals surface area contributed by atoms with Crippen molar-refractivity contribution in [3.05, 3.63) is 11.6 Å². The smallest absolute Gasteiger partial charge is 0.334 e. The van der Waals surface area contributed by atoms with Gasteiger partial charge in [0.25, 0.3) is 0 Å². The molecule has 1 fully saturated rings. The standard InChI is InChI=1S/C12H20O2/c1-3-5-6-7-8-10-9-11(4-2)14-12(10)13/h8,11H,3-7,9H2,1-2H3/b10-8-. The average Bonchev–Trinajstić information content (AvgIpc) is 2.54. The van der Waals surface area contributed by atoms with Gasteiger partial charge in [-0.2, -0.15) is 0 Å². The van der Waals surface area contributed by atoms with E-state index in [2.05, 4.69) is 19.9 Å². The molecule has 1 aliphatic rings. The highest BCUT2D eigenvalue weighted by Crippen LogP contribution is 2.23. The molecule has 1 atom stereocenters. The number of cyclic esters (lactones) is 1. The Balaban J connectivity index is 2.33. The summed E-state index contributed by atoms with van der Waals surface area (Å²) in [5.41, 5.74) is 0.896. The van der Waals surface area contributed by atoms with Crippen LogP contribution in [0.3, 0.4) is 0 Å². The molecule has 0 aliphatic carbocycles. The van der Waals surface area contributed by atoms with E-state index in [1.807, 2.05) is 0 Å². The first kappa shape index (κ1) is 11.3. The zero-order valence-corrected chi connectivity index (χ0v) is 9.21. The molecule has 1 rings (SSSR count). The second-order valence-electron chi connectivity index (χ2n) is 3.86. The Morgan fingerprint density at radius 1 is 1.43 bits per heavy atom. The predicted molar refractivity (Wildman–Crippen MR) is 57.0 cm³/mol. The summed E-state index contributed by atoms with van der Waals surface area (Å²) < 4.78 is 5.17. The minimum absolute atomic E-state index is 0.0895. The number of carbonyl (C=O) groups is 1. The third-order valence-electron chi connectivity index (χ3n) is 2.64. The van der Waals surface area contributed by atoms with E-state index in [0.717, 1.165) is 24.8 Å². The van der Waals surface area contributed by atoms with Gasteiger partial charge < -0.3 is 4.74 Å². The van der Waals surface area contributed by atoms with Gasteiger partial charge in [-0.25, -0.2) is 4.79 Å². The van der Waals surface area contributed by atoms with Crippen molar-refractivity contribution in [1.29, 1.82) is 0 Å². The Bertz CT molecular complexity index is 218. The van der Waals surface area contributed by atoms with Gasteiger partial charge in [0.1, 0.15) is 6.10 Å². The fraction of sp³-hybridized carbons (Fsp3) is 0.750. The maximum Gasteiger partial charge on any atom is 0.334 e. The molecule has 0 radical (unpaired) electrons. The van der Waals surface area contributed by atoms with Gasteiger partial charge in [0.15, 0.2) is 0 Å². The third kappa shape index (κ3) is 3.17. The number of hydrogen-bond donors (Lipinski definition) is 0. The van der Waals surface area contributed by atoms with Crippen molar-refractivity contribution in [2.45, 2.75) is 58.5 Å². The number of hydrogen-bond acceptors (Lipinski definition) is 2. The Morgan fingerprint density at radius 2 is 2.21 bits per heavy atom. The molecule has 0 bridgehead atoms. The Kier molecular flexibility index (Phi) is 4.71. The Hall–Kier alpha value is -0.790. The first-order valence-electron chi connectivity index (χ1n) is 5.68. The first-order chi connectivity index (χ1) is 6.77. The molecule has 2 heteroatoms. The van der Waals surface area contributed by atoms with Crippen molar-refractivity contribution < 1.29 is 9.53 Å². The number of esters is 1. The van der Waals surface area contributed by atoms with E-state index in [0.29, 0.717) is 0 Å². The molecular weight excluding hydrogens is 176 g/mol. The molecule has 0 amide bonds. The van der Waals surface area contributed by atoms with Crippen molar-refractivity contribution in [1.82, 2.24) is 0 Å². The molecule has 1 saturated heterocycles. The van der Waals surface area contributed by atoms with E-state index in [1.165, 1.54) is 19.3 Å². The zero-order chi connectivity index (χ0) is 10.4. The minimum atomic E-state index is -0.0895. The highest BCUT2D eigenvalue weighted by molar-refractivity contribution is 5.90. The van der Waals surface area contributed by atoms with Gasteiger partial charge in [-0.1, -0.05) is 32.8 Å². The molecule has 0 N–H and O–H groups in total. The van der Waals surface area contributed by atoms with Crippen molar-refractivity contribution in [2.75, 3.05) is 0 Å². The predicted octanol–water partition coefficient (Wildman–Crippen LogP) is 3.22. The number of unbranched alkanes of at least 4 members (excludes halogenated alkanes) is 3. The lowest BCUT2D eigenvalue weighted by Crippen LogP contribution is -2.03. The summed E-state index contributed by atoms with van der Waals surface area (Å²) in [6, 6.07) is 0. The summed E-state index contributed by atoms with van der Waals surface area (Å²) in [6.07, 6.45) is 8.63. The average molecular weight is 196 g/mol. The summed E-state index contributed by atoms with van der Waals surface area (Å²) in [5.74, 6) is -0.0895. The quantitative estimate of drug-likeness (QED) is 0.383. The van der Waals surface area contributed by atoms with Crippen LogP contribution in [0.5, 0.6) is 0 Å².